The van der Waals surface area contributed by atoms with Crippen molar-refractivity contribution in [1.29, 1.82) is 0 Å². The first-order chi connectivity index (χ1) is 9.40. The third-order valence-corrected chi connectivity index (χ3v) is 3.30. The van der Waals surface area contributed by atoms with Gasteiger partial charge in [0.05, 0.1) is 11.9 Å². The number of hydrogen-bond donors (Lipinski definition) is 3. The van der Waals surface area contributed by atoms with Gasteiger partial charge in [-0.05, 0) is 32.4 Å². The van der Waals surface area contributed by atoms with Crippen molar-refractivity contribution < 1.29 is 40.9 Å². The van der Waals surface area contributed by atoms with Gasteiger partial charge >= 0.3 is 21.1 Å². The van der Waals surface area contributed by atoms with Crippen LogP contribution in [-0.4, -0.2) is 37.1 Å². The van der Waals surface area contributed by atoms with E-state index in [-0.39, 0.29) is 39.6 Å². The van der Waals surface area contributed by atoms with Crippen LogP contribution < -0.4 is 27.0 Å². The molecule has 7 nitrogen and oxygen atoms in total. The van der Waals surface area contributed by atoms with Gasteiger partial charge in [-0.15, -0.1) is 0 Å². The van der Waals surface area contributed by atoms with Crippen molar-refractivity contribution in [3.05, 3.63) is 0 Å². The molecule has 126 valence electrons. The number of nitrogens with two attached hydrogens (primary N) is 2. The number of nitrogens with one attached hydrogen (secondary N) is 1. The topological polar surface area (TPSA) is 144 Å². The van der Waals surface area contributed by atoms with Gasteiger partial charge in [-0.2, -0.15) is 0 Å². The zero-order valence-corrected chi connectivity index (χ0v) is 14.6. The molecule has 8 heteroatoms. The van der Waals surface area contributed by atoms with Crippen LogP contribution in [0.2, 0.25) is 0 Å². The van der Waals surface area contributed by atoms with Crippen LogP contribution >= 0.6 is 0 Å². The van der Waals surface area contributed by atoms with E-state index in [1.165, 1.54) is 12.8 Å². The van der Waals surface area contributed by atoms with Crippen molar-refractivity contribution in [3.63, 3.8) is 0 Å². The number of hydrogen-bond acceptors (Lipinski definition) is 7. The Morgan fingerprint density at radius 1 is 1.14 bits per heavy atom. The van der Waals surface area contributed by atoms with Crippen LogP contribution in [0, 0.1) is 5.92 Å². The van der Waals surface area contributed by atoms with Gasteiger partial charge < -0.3 is 36.6 Å². The molecule has 1 fully saturated rings. The Hall–Kier alpha value is -0.492. The van der Waals surface area contributed by atoms with Crippen LogP contribution in [-0.2, 0) is 30.7 Å². The molecule has 1 aliphatic rings. The molecule has 0 aliphatic heterocycles. The van der Waals surface area contributed by atoms with Crippen LogP contribution in [0.1, 0.15) is 39.0 Å². The molecule has 0 radical (unpaired) electrons. The molecule has 0 aromatic heterocycles. The molecule has 1 aliphatic carbocycles. The first-order valence-electron chi connectivity index (χ1n) is 7.03. The summed E-state index contributed by atoms with van der Waals surface area (Å²) in [7, 11) is 0. The van der Waals surface area contributed by atoms with E-state index in [1.54, 1.807) is 0 Å². The van der Waals surface area contributed by atoms with Gasteiger partial charge in [0.1, 0.15) is 0 Å². The van der Waals surface area contributed by atoms with E-state index < -0.39 is 17.9 Å². The maximum absolute atomic E-state index is 10.2. The normalized spacial score (nSPS) is 21.0. The predicted molar refractivity (Wildman–Crippen MR) is 71.1 cm³/mol. The van der Waals surface area contributed by atoms with Crippen LogP contribution in [0.4, 0.5) is 0 Å². The Balaban J connectivity index is 0. The first kappa shape index (κ1) is 22.8. The van der Waals surface area contributed by atoms with Gasteiger partial charge in [0.15, 0.2) is 0 Å². The summed E-state index contributed by atoms with van der Waals surface area (Å²) in [5, 5.41) is 23.2. The Kier molecular flexibility index (Phi) is 14.3. The van der Waals surface area contributed by atoms with Gasteiger partial charge in [-0.1, -0.05) is 19.8 Å². The molecule has 0 bridgehead atoms. The molecule has 1 rings (SSSR count). The Labute approximate surface area is 140 Å². The number of carboxylic acids is 2. The summed E-state index contributed by atoms with van der Waals surface area (Å²) in [5.74, 6) is -4.69. The van der Waals surface area contributed by atoms with Crippen molar-refractivity contribution in [2.75, 3.05) is 13.1 Å². The van der Waals surface area contributed by atoms with Crippen molar-refractivity contribution >= 4 is 11.9 Å². The molecule has 0 heterocycles. The first-order valence-corrected chi connectivity index (χ1v) is 7.03. The van der Waals surface area contributed by atoms with Gasteiger partial charge in [0.25, 0.3) is 0 Å². The van der Waals surface area contributed by atoms with E-state index in [0.717, 1.165) is 12.8 Å². The maximum Gasteiger partial charge on any atom is 2.00 e. The smallest absolute Gasteiger partial charge is 0.549 e. The summed E-state index contributed by atoms with van der Waals surface area (Å²) in [6, 6.07) is 0.562. The van der Waals surface area contributed by atoms with Gasteiger partial charge in [-0.3, -0.25) is 0 Å². The minimum atomic E-state index is -1.59. The minimum Gasteiger partial charge on any atom is -0.549 e. The average Bonchev–Trinajstić information content (AvgIpc) is 2.38. The van der Waals surface area contributed by atoms with E-state index in [0.29, 0.717) is 13.1 Å². The summed E-state index contributed by atoms with van der Waals surface area (Å²) in [6.45, 7) is 2.85. The Morgan fingerprint density at radius 3 is 1.86 bits per heavy atom. The molecular formula is C13H25N3O4Pt. The number of rotatable bonds is 6. The largest absolute Gasteiger partial charge is 2.00 e. The van der Waals surface area contributed by atoms with E-state index >= 15 is 0 Å². The van der Waals surface area contributed by atoms with Gasteiger partial charge in [-0.25, -0.2) is 0 Å². The van der Waals surface area contributed by atoms with Crippen LogP contribution in [0.25, 0.3) is 0 Å². The Bertz CT molecular complexity index is 281. The number of carbonyl (C=O) groups is 2. The fourth-order valence-corrected chi connectivity index (χ4v) is 1.94. The number of aliphatic carboxylic acids is 2. The Morgan fingerprint density at radius 2 is 1.57 bits per heavy atom. The molecule has 2 atom stereocenters. The summed E-state index contributed by atoms with van der Waals surface area (Å²) in [6.07, 6.45) is 4.80. The number of carbonyl (C=O) groups excluding carboxylic acids is 2. The summed E-state index contributed by atoms with van der Waals surface area (Å²) in [5.41, 5.74) is 11.3. The maximum atomic E-state index is 10.2. The minimum absolute atomic E-state index is 0. The molecule has 0 aromatic carbocycles. The van der Waals surface area contributed by atoms with Crippen molar-refractivity contribution in [3.8, 4) is 0 Å². The van der Waals surface area contributed by atoms with Crippen LogP contribution in [0.3, 0.4) is 0 Å². The third-order valence-electron chi connectivity index (χ3n) is 3.30. The van der Waals surface area contributed by atoms with Crippen molar-refractivity contribution in [2.24, 2.45) is 17.4 Å². The molecule has 5 N–H and O–H groups in total. The molecule has 0 amide bonds. The molecule has 21 heavy (non-hydrogen) atoms. The average molecular weight is 482 g/mol. The zero-order valence-electron chi connectivity index (χ0n) is 12.3. The van der Waals surface area contributed by atoms with E-state index in [9.17, 15) is 19.8 Å². The quantitative estimate of drug-likeness (QED) is 0.276. The standard InChI is InChI=1S/C7H13NO4.C6H14N2.Pt/c1-2-8-4-3-5(6(9)10)7(11)12;7-5-3-1-2-4-6(5)8;/h5,8H,2-4H2,1H3,(H,9,10)(H,11,12);5-6H,1-4,7-8H2;/q;;+2/p-2. The second-order valence-electron chi connectivity index (χ2n) is 4.95. The molecule has 1 saturated carbocycles. The van der Waals surface area contributed by atoms with Crippen molar-refractivity contribution in [2.45, 2.75) is 51.1 Å². The predicted octanol–water partition coefficient (Wildman–Crippen LogP) is -2.69. The second-order valence-corrected chi connectivity index (χ2v) is 4.95. The monoisotopic (exact) mass is 482 g/mol. The van der Waals surface area contributed by atoms with Crippen LogP contribution in [0.15, 0.2) is 0 Å². The SMILES string of the molecule is CCNCCC(C(=O)[O-])C(=O)[O-].NC1CCCCC1N.[Pt+2]. The zero-order chi connectivity index (χ0) is 15.5. The summed E-state index contributed by atoms with van der Waals surface area (Å²) in [4.78, 5) is 20.4. The van der Waals surface area contributed by atoms with Gasteiger partial charge in [0, 0.05) is 18.0 Å². The van der Waals surface area contributed by atoms with Crippen molar-refractivity contribution in [1.82, 2.24) is 5.32 Å². The third kappa shape index (κ3) is 10.8. The molecule has 0 spiro atoms. The molecule has 2 unspecified atom stereocenters. The van der Waals surface area contributed by atoms with Crippen LogP contribution in [0.5, 0.6) is 0 Å². The van der Waals surface area contributed by atoms with E-state index in [4.69, 9.17) is 11.5 Å². The fraction of sp³-hybridized carbons (Fsp3) is 0.846. The van der Waals surface area contributed by atoms with E-state index in [1.807, 2.05) is 6.92 Å². The fourth-order valence-electron chi connectivity index (χ4n) is 1.94. The van der Waals surface area contributed by atoms with Gasteiger partial charge in [0.2, 0.25) is 0 Å². The second kappa shape index (κ2) is 13.2. The molecule has 0 saturated heterocycles. The van der Waals surface area contributed by atoms with E-state index in [2.05, 4.69) is 5.32 Å². The summed E-state index contributed by atoms with van der Waals surface area (Å²) < 4.78 is 0. The molecular weight excluding hydrogens is 457 g/mol. The number of carboxylic acid groups (broad SMARTS) is 2. The molecule has 0 aromatic rings. The summed E-state index contributed by atoms with van der Waals surface area (Å²) >= 11 is 0.